The maximum atomic E-state index is 14.5. The number of halogens is 2. The van der Waals surface area contributed by atoms with Crippen LogP contribution in [0.4, 0.5) is 10.1 Å². The fraction of sp³-hybridized carbons (Fsp3) is 0.250. The molecular weight excluding hydrogens is 303 g/mol. The number of nitrogens with zero attached hydrogens (tertiary/aromatic N) is 3. The van der Waals surface area contributed by atoms with Gasteiger partial charge in [0.25, 0.3) is 0 Å². The number of rotatable bonds is 4. The van der Waals surface area contributed by atoms with Gasteiger partial charge >= 0.3 is 0 Å². The van der Waals surface area contributed by atoms with Gasteiger partial charge in [-0.3, -0.25) is 9.67 Å². The van der Waals surface area contributed by atoms with Crippen molar-refractivity contribution in [3.63, 3.8) is 0 Å². The second-order valence-corrected chi connectivity index (χ2v) is 5.51. The molecule has 0 radical (unpaired) electrons. The molecule has 0 spiro atoms. The van der Waals surface area contributed by atoms with Gasteiger partial charge in [0.05, 0.1) is 16.4 Å². The number of pyridine rings is 1. The first-order valence-electron chi connectivity index (χ1n) is 7.08. The Bertz CT molecular complexity index is 828. The summed E-state index contributed by atoms with van der Waals surface area (Å²) in [5.74, 6) is -0.387. The molecule has 0 aliphatic rings. The monoisotopic (exact) mass is 318 g/mol. The molecule has 2 aromatic heterocycles. The van der Waals surface area contributed by atoms with E-state index in [1.807, 2.05) is 20.2 Å². The van der Waals surface area contributed by atoms with E-state index in [0.29, 0.717) is 22.6 Å². The van der Waals surface area contributed by atoms with E-state index in [2.05, 4.69) is 15.4 Å². The molecule has 22 heavy (non-hydrogen) atoms. The quantitative estimate of drug-likeness (QED) is 0.792. The van der Waals surface area contributed by atoms with E-state index in [0.717, 1.165) is 17.7 Å². The van der Waals surface area contributed by atoms with Gasteiger partial charge in [-0.15, -0.1) is 0 Å². The Balaban J connectivity index is 1.89. The number of hydrogen-bond donors (Lipinski definition) is 1. The summed E-state index contributed by atoms with van der Waals surface area (Å²) in [6.45, 7) is 2.56. The molecule has 6 heteroatoms. The van der Waals surface area contributed by atoms with Crippen LogP contribution in [0, 0.1) is 5.82 Å². The van der Waals surface area contributed by atoms with Crippen LogP contribution in [0.5, 0.6) is 0 Å². The van der Waals surface area contributed by atoms with Gasteiger partial charge in [-0.2, -0.15) is 5.10 Å². The van der Waals surface area contributed by atoms with Crippen LogP contribution in [-0.2, 0) is 20.0 Å². The average Bonchev–Trinajstić information content (AvgIpc) is 2.87. The molecule has 0 amide bonds. The van der Waals surface area contributed by atoms with Gasteiger partial charge in [-0.1, -0.05) is 18.5 Å². The molecule has 0 unspecified atom stereocenters. The molecule has 0 fully saturated rings. The van der Waals surface area contributed by atoms with Crippen molar-refractivity contribution in [2.45, 2.75) is 19.9 Å². The fourth-order valence-electron chi connectivity index (χ4n) is 2.51. The third-order valence-corrected chi connectivity index (χ3v) is 3.92. The molecule has 0 saturated heterocycles. The topological polar surface area (TPSA) is 42.7 Å². The van der Waals surface area contributed by atoms with E-state index in [1.54, 1.807) is 22.9 Å². The first kappa shape index (κ1) is 14.8. The Morgan fingerprint density at radius 2 is 2.14 bits per heavy atom. The van der Waals surface area contributed by atoms with Crippen LogP contribution < -0.4 is 5.32 Å². The summed E-state index contributed by atoms with van der Waals surface area (Å²) in [6.07, 6.45) is 4.29. The number of aryl methyl sites for hydroxylation is 2. The molecule has 1 N–H and O–H groups in total. The van der Waals surface area contributed by atoms with E-state index < -0.39 is 0 Å². The molecular formula is C16H16ClFN4. The number of nitrogens with one attached hydrogen (secondary N) is 1. The zero-order valence-corrected chi connectivity index (χ0v) is 13.2. The van der Waals surface area contributed by atoms with Crippen molar-refractivity contribution in [1.29, 1.82) is 0 Å². The van der Waals surface area contributed by atoms with Crippen LogP contribution in [0.25, 0.3) is 10.9 Å². The van der Waals surface area contributed by atoms with E-state index >= 15 is 0 Å². The van der Waals surface area contributed by atoms with Gasteiger partial charge < -0.3 is 5.32 Å². The molecule has 0 aliphatic carbocycles. The Hall–Kier alpha value is -2.14. The van der Waals surface area contributed by atoms with Crippen LogP contribution in [-0.4, -0.2) is 14.8 Å². The van der Waals surface area contributed by atoms with E-state index in [9.17, 15) is 4.39 Å². The van der Waals surface area contributed by atoms with Gasteiger partial charge in [0.1, 0.15) is 5.52 Å². The minimum atomic E-state index is -0.387. The molecule has 4 nitrogen and oxygen atoms in total. The van der Waals surface area contributed by atoms with Crippen molar-refractivity contribution in [3.8, 4) is 0 Å². The summed E-state index contributed by atoms with van der Waals surface area (Å²) in [5.41, 5.74) is 2.76. The standard InChI is InChI=1S/C16H16ClFN4/c1-3-13-10(9-22(2)21-13)8-20-14-5-4-11-12(17)6-7-19-16(11)15(14)18/h4-7,9,20H,3,8H2,1-2H3. The van der Waals surface area contributed by atoms with Crippen LogP contribution in [0.1, 0.15) is 18.2 Å². The van der Waals surface area contributed by atoms with E-state index in [1.165, 1.54) is 6.20 Å². The third-order valence-electron chi connectivity index (χ3n) is 3.59. The van der Waals surface area contributed by atoms with Crippen LogP contribution >= 0.6 is 11.6 Å². The Kier molecular flexibility index (Phi) is 3.98. The molecule has 1 aromatic carbocycles. The SMILES string of the molecule is CCc1nn(C)cc1CNc1ccc2c(Cl)ccnc2c1F. The summed E-state index contributed by atoms with van der Waals surface area (Å²) in [5, 5.41) is 8.61. The van der Waals surface area contributed by atoms with Crippen LogP contribution in [0.2, 0.25) is 5.02 Å². The van der Waals surface area contributed by atoms with Crippen LogP contribution in [0.3, 0.4) is 0 Å². The highest BCUT2D eigenvalue weighted by molar-refractivity contribution is 6.35. The number of anilines is 1. The van der Waals surface area contributed by atoms with Crippen molar-refractivity contribution in [3.05, 3.63) is 52.7 Å². The largest absolute Gasteiger partial charge is 0.378 e. The maximum absolute atomic E-state index is 14.5. The molecule has 114 valence electrons. The maximum Gasteiger partial charge on any atom is 0.172 e. The van der Waals surface area contributed by atoms with Gasteiger partial charge in [0.2, 0.25) is 0 Å². The van der Waals surface area contributed by atoms with Gasteiger partial charge in [-0.25, -0.2) is 4.39 Å². The lowest BCUT2D eigenvalue weighted by atomic mass is 10.1. The minimum Gasteiger partial charge on any atom is -0.378 e. The van der Waals surface area contributed by atoms with Gasteiger partial charge in [0.15, 0.2) is 5.82 Å². The zero-order chi connectivity index (χ0) is 15.7. The van der Waals surface area contributed by atoms with Crippen molar-refractivity contribution in [1.82, 2.24) is 14.8 Å². The molecule has 3 aromatic rings. The highest BCUT2D eigenvalue weighted by atomic mass is 35.5. The Morgan fingerprint density at radius 3 is 2.91 bits per heavy atom. The third kappa shape index (κ3) is 2.64. The summed E-state index contributed by atoms with van der Waals surface area (Å²) in [4.78, 5) is 4.08. The van der Waals surface area contributed by atoms with Crippen LogP contribution in [0.15, 0.2) is 30.6 Å². The lowest BCUT2D eigenvalue weighted by Gasteiger charge is -2.09. The molecule has 0 aliphatic heterocycles. The molecule has 0 bridgehead atoms. The summed E-state index contributed by atoms with van der Waals surface area (Å²) < 4.78 is 16.3. The first-order chi connectivity index (χ1) is 10.6. The Labute approximate surface area is 132 Å². The predicted octanol–water partition coefficient (Wildman–Crippen LogP) is 3.94. The summed E-state index contributed by atoms with van der Waals surface area (Å²) >= 11 is 6.06. The molecule has 0 saturated carbocycles. The summed E-state index contributed by atoms with van der Waals surface area (Å²) in [6, 6.07) is 5.12. The normalized spacial score (nSPS) is 11.1. The summed E-state index contributed by atoms with van der Waals surface area (Å²) in [7, 11) is 1.88. The van der Waals surface area contributed by atoms with Crippen molar-refractivity contribution in [2.24, 2.45) is 7.05 Å². The zero-order valence-electron chi connectivity index (χ0n) is 12.4. The highest BCUT2D eigenvalue weighted by Gasteiger charge is 2.12. The molecule has 0 atom stereocenters. The lowest BCUT2D eigenvalue weighted by Crippen LogP contribution is -2.03. The molecule has 3 rings (SSSR count). The fourth-order valence-corrected chi connectivity index (χ4v) is 2.72. The van der Waals surface area contributed by atoms with Gasteiger partial charge in [0, 0.05) is 36.9 Å². The second kappa shape index (κ2) is 5.93. The van der Waals surface area contributed by atoms with Crippen molar-refractivity contribution < 1.29 is 4.39 Å². The Morgan fingerprint density at radius 1 is 1.32 bits per heavy atom. The van der Waals surface area contributed by atoms with E-state index in [-0.39, 0.29) is 11.3 Å². The number of fused-ring (bicyclic) bond motifs is 1. The van der Waals surface area contributed by atoms with E-state index in [4.69, 9.17) is 11.6 Å². The minimum absolute atomic E-state index is 0.277. The lowest BCUT2D eigenvalue weighted by molar-refractivity contribution is 0.639. The van der Waals surface area contributed by atoms with Gasteiger partial charge in [-0.05, 0) is 24.6 Å². The first-order valence-corrected chi connectivity index (χ1v) is 7.46. The number of benzene rings is 1. The van der Waals surface area contributed by atoms with Crippen molar-refractivity contribution in [2.75, 3.05) is 5.32 Å². The average molecular weight is 319 g/mol. The number of hydrogen-bond acceptors (Lipinski definition) is 3. The smallest absolute Gasteiger partial charge is 0.172 e. The molecule has 2 heterocycles. The highest BCUT2D eigenvalue weighted by Crippen LogP contribution is 2.28. The van der Waals surface area contributed by atoms with Crippen molar-refractivity contribution >= 4 is 28.2 Å². The number of aromatic nitrogens is 3. The second-order valence-electron chi connectivity index (χ2n) is 5.10. The predicted molar refractivity (Wildman–Crippen MR) is 86.6 cm³/mol.